The van der Waals surface area contributed by atoms with Crippen LogP contribution in [0.3, 0.4) is 0 Å². The predicted octanol–water partition coefficient (Wildman–Crippen LogP) is 4.98. The first-order chi connectivity index (χ1) is 11.4. The molecule has 24 heavy (non-hydrogen) atoms. The van der Waals surface area contributed by atoms with Gasteiger partial charge in [-0.2, -0.15) is 0 Å². The molecule has 3 heteroatoms. The molecule has 2 rings (SSSR count). The molecular formula is C21H29BrOSi. The minimum Gasteiger partial charge on any atom is -0.407 e. The van der Waals surface area contributed by atoms with Crippen LogP contribution < -0.4 is 10.4 Å². The van der Waals surface area contributed by atoms with Gasteiger partial charge in [0.1, 0.15) is 0 Å². The second-order valence-electron chi connectivity index (χ2n) is 7.56. The normalized spacial score (nSPS) is 13.7. The predicted molar refractivity (Wildman–Crippen MR) is 111 cm³/mol. The van der Waals surface area contributed by atoms with Crippen molar-refractivity contribution >= 4 is 34.6 Å². The van der Waals surface area contributed by atoms with Crippen molar-refractivity contribution in [1.82, 2.24) is 0 Å². The topological polar surface area (TPSA) is 9.23 Å². The molecule has 0 aliphatic rings. The van der Waals surface area contributed by atoms with E-state index in [9.17, 15) is 0 Å². The van der Waals surface area contributed by atoms with Gasteiger partial charge >= 0.3 is 0 Å². The molecule has 2 aromatic rings. The zero-order chi connectivity index (χ0) is 17.6. The fourth-order valence-corrected chi connectivity index (χ4v) is 8.16. The Kier molecular flexibility index (Phi) is 6.85. The summed E-state index contributed by atoms with van der Waals surface area (Å²) in [6.45, 7) is 10.1. The van der Waals surface area contributed by atoms with Crippen molar-refractivity contribution in [3.05, 3.63) is 60.7 Å². The van der Waals surface area contributed by atoms with Gasteiger partial charge in [0.15, 0.2) is 0 Å². The summed E-state index contributed by atoms with van der Waals surface area (Å²) in [6, 6.07) is 21.7. The molecule has 0 aliphatic carbocycles. The zero-order valence-corrected chi connectivity index (χ0v) is 17.8. The average Bonchev–Trinajstić information content (AvgIpc) is 2.59. The van der Waals surface area contributed by atoms with Crippen LogP contribution in [-0.2, 0) is 4.43 Å². The van der Waals surface area contributed by atoms with Gasteiger partial charge in [-0.05, 0) is 27.8 Å². The van der Waals surface area contributed by atoms with E-state index in [0.717, 1.165) is 18.4 Å². The number of hydrogen-bond acceptors (Lipinski definition) is 1. The van der Waals surface area contributed by atoms with Crippen molar-refractivity contribution in [1.29, 1.82) is 0 Å². The molecule has 0 aliphatic heterocycles. The minimum atomic E-state index is -2.34. The number of benzene rings is 2. The van der Waals surface area contributed by atoms with Crippen molar-refractivity contribution < 1.29 is 4.43 Å². The molecule has 0 heterocycles. The Balaban J connectivity index is 2.49. The van der Waals surface area contributed by atoms with Gasteiger partial charge in [0, 0.05) is 11.9 Å². The maximum absolute atomic E-state index is 6.86. The fraction of sp³-hybridized carbons (Fsp3) is 0.429. The largest absolute Gasteiger partial charge is 0.407 e. The van der Waals surface area contributed by atoms with Crippen molar-refractivity contribution in [3.8, 4) is 0 Å². The van der Waals surface area contributed by atoms with Crippen LogP contribution >= 0.6 is 15.9 Å². The van der Waals surface area contributed by atoms with E-state index < -0.39 is 8.32 Å². The van der Waals surface area contributed by atoms with Gasteiger partial charge in [0.05, 0.1) is 0 Å². The van der Waals surface area contributed by atoms with Gasteiger partial charge in [-0.1, -0.05) is 104 Å². The van der Waals surface area contributed by atoms with E-state index in [2.05, 4.69) is 104 Å². The highest BCUT2D eigenvalue weighted by atomic mass is 79.9. The third kappa shape index (κ3) is 4.19. The lowest BCUT2D eigenvalue weighted by atomic mass is 10.1. The first-order valence-corrected chi connectivity index (χ1v) is 11.8. The molecule has 1 unspecified atom stereocenters. The van der Waals surface area contributed by atoms with Crippen LogP contribution in [0.2, 0.25) is 5.04 Å². The van der Waals surface area contributed by atoms with Gasteiger partial charge < -0.3 is 4.43 Å². The van der Waals surface area contributed by atoms with Crippen LogP contribution in [0.4, 0.5) is 0 Å². The molecule has 0 fully saturated rings. The van der Waals surface area contributed by atoms with Gasteiger partial charge in [0.25, 0.3) is 8.32 Å². The Morgan fingerprint density at radius 3 is 1.75 bits per heavy atom. The zero-order valence-electron chi connectivity index (χ0n) is 15.3. The van der Waals surface area contributed by atoms with Crippen molar-refractivity contribution in [2.75, 3.05) is 11.9 Å². The third-order valence-electron chi connectivity index (χ3n) is 4.61. The van der Waals surface area contributed by atoms with Crippen LogP contribution in [0.15, 0.2) is 60.7 Å². The van der Waals surface area contributed by atoms with E-state index in [1.165, 1.54) is 10.4 Å². The monoisotopic (exact) mass is 404 g/mol. The molecule has 130 valence electrons. The molecule has 0 saturated heterocycles. The molecule has 0 N–H and O–H groups in total. The second-order valence-corrected chi connectivity index (χ2v) is 12.5. The third-order valence-corrected chi connectivity index (χ3v) is 10.8. The van der Waals surface area contributed by atoms with Crippen molar-refractivity contribution in [3.63, 3.8) is 0 Å². The maximum Gasteiger partial charge on any atom is 0.261 e. The summed E-state index contributed by atoms with van der Waals surface area (Å²) in [5.74, 6) is 0.628. The summed E-state index contributed by atoms with van der Waals surface area (Å²) in [5.41, 5.74) is 0. The Labute approximate surface area is 156 Å². The highest BCUT2D eigenvalue weighted by Crippen LogP contribution is 2.36. The summed E-state index contributed by atoms with van der Waals surface area (Å²) >= 11 is 3.58. The first-order valence-electron chi connectivity index (χ1n) is 8.73. The summed E-state index contributed by atoms with van der Waals surface area (Å²) in [4.78, 5) is 0. The Morgan fingerprint density at radius 2 is 1.38 bits per heavy atom. The molecule has 0 bridgehead atoms. The quantitative estimate of drug-likeness (QED) is 0.466. The van der Waals surface area contributed by atoms with E-state index >= 15 is 0 Å². The molecule has 1 atom stereocenters. The summed E-state index contributed by atoms with van der Waals surface area (Å²) in [5, 5.41) is 3.80. The van der Waals surface area contributed by atoms with Gasteiger partial charge in [-0.25, -0.2) is 0 Å². The average molecular weight is 405 g/mol. The van der Waals surface area contributed by atoms with E-state index in [0.29, 0.717) is 5.92 Å². The lowest BCUT2D eigenvalue weighted by Crippen LogP contribution is -2.66. The highest BCUT2D eigenvalue weighted by Gasteiger charge is 2.49. The van der Waals surface area contributed by atoms with Crippen LogP contribution in [-0.4, -0.2) is 20.3 Å². The Bertz CT molecular complexity index is 567. The van der Waals surface area contributed by atoms with Crippen LogP contribution in [0.25, 0.3) is 0 Å². The summed E-state index contributed by atoms with van der Waals surface area (Å²) in [6.07, 6.45) is 1.08. The number of rotatable bonds is 7. The summed E-state index contributed by atoms with van der Waals surface area (Å²) in [7, 11) is -2.34. The number of alkyl halides is 1. The minimum absolute atomic E-state index is 0.0628. The SMILES string of the molecule is CC(CBr)CCO[Si](c1ccccc1)(c1ccccc1)C(C)(C)C. The second kappa shape index (κ2) is 8.46. The van der Waals surface area contributed by atoms with E-state index in [4.69, 9.17) is 4.43 Å². The maximum atomic E-state index is 6.86. The number of hydrogen-bond donors (Lipinski definition) is 0. The molecule has 1 nitrogen and oxygen atoms in total. The fourth-order valence-electron chi connectivity index (χ4n) is 3.25. The molecule has 0 radical (unpaired) electrons. The molecule has 0 amide bonds. The molecular weight excluding hydrogens is 376 g/mol. The van der Waals surface area contributed by atoms with Crippen LogP contribution in [0.1, 0.15) is 34.1 Å². The van der Waals surface area contributed by atoms with Crippen LogP contribution in [0, 0.1) is 5.92 Å². The van der Waals surface area contributed by atoms with Gasteiger partial charge in [0.2, 0.25) is 0 Å². The van der Waals surface area contributed by atoms with Crippen molar-refractivity contribution in [2.45, 2.75) is 39.2 Å². The highest BCUT2D eigenvalue weighted by molar-refractivity contribution is 9.09. The van der Waals surface area contributed by atoms with Crippen molar-refractivity contribution in [2.24, 2.45) is 5.92 Å². The van der Waals surface area contributed by atoms with Gasteiger partial charge in [-0.3, -0.25) is 0 Å². The molecule has 2 aromatic carbocycles. The Morgan fingerprint density at radius 1 is 0.917 bits per heavy atom. The van der Waals surface area contributed by atoms with Crippen LogP contribution in [0.5, 0.6) is 0 Å². The smallest absolute Gasteiger partial charge is 0.261 e. The standard InChI is InChI=1S/C21H29BrOSi/c1-18(17-22)15-16-23-24(21(2,3)4,19-11-7-5-8-12-19)20-13-9-6-10-14-20/h5-14,18H,15-17H2,1-4H3. The Hall–Kier alpha value is -0.903. The van der Waals surface area contributed by atoms with Gasteiger partial charge in [-0.15, -0.1) is 0 Å². The van der Waals surface area contributed by atoms with E-state index in [1.54, 1.807) is 0 Å². The lowest BCUT2D eigenvalue weighted by molar-refractivity contribution is 0.274. The summed E-state index contributed by atoms with van der Waals surface area (Å²) < 4.78 is 6.86. The first kappa shape index (κ1) is 19.4. The molecule has 0 saturated carbocycles. The number of halogens is 1. The lowest BCUT2D eigenvalue weighted by Gasteiger charge is -2.43. The molecule has 0 spiro atoms. The van der Waals surface area contributed by atoms with E-state index in [1.807, 2.05) is 0 Å². The molecule has 0 aromatic heterocycles. The van der Waals surface area contributed by atoms with E-state index in [-0.39, 0.29) is 5.04 Å².